The lowest BCUT2D eigenvalue weighted by Crippen LogP contribution is -2.55. The van der Waals surface area contributed by atoms with Gasteiger partial charge in [0.05, 0.1) is 24.9 Å². The highest BCUT2D eigenvalue weighted by molar-refractivity contribution is 5.22. The van der Waals surface area contributed by atoms with Crippen molar-refractivity contribution in [2.75, 3.05) is 20.8 Å². The molecule has 0 amide bonds. The highest BCUT2D eigenvalue weighted by atomic mass is 16.6. The van der Waals surface area contributed by atoms with Crippen LogP contribution in [0.3, 0.4) is 0 Å². The maximum absolute atomic E-state index is 6.47. The molecule has 6 atom stereocenters. The van der Waals surface area contributed by atoms with Gasteiger partial charge in [0.1, 0.15) is 12.2 Å². The lowest BCUT2D eigenvalue weighted by molar-refractivity contribution is -0.254. The van der Waals surface area contributed by atoms with Crippen molar-refractivity contribution in [1.29, 1.82) is 0 Å². The number of methoxy groups -OCH3 is 2. The van der Waals surface area contributed by atoms with Gasteiger partial charge in [-0.15, -0.1) is 0 Å². The van der Waals surface area contributed by atoms with Crippen molar-refractivity contribution in [1.82, 2.24) is 0 Å². The van der Waals surface area contributed by atoms with Crippen molar-refractivity contribution in [2.45, 2.75) is 36.9 Å². The van der Waals surface area contributed by atoms with E-state index in [1.54, 1.807) is 14.2 Å². The quantitative estimate of drug-likeness (QED) is 0.833. The molecular weight excluding hydrogens is 328 g/mol. The normalized spacial score (nSPS) is 34.2. The zero-order valence-corrected chi connectivity index (χ0v) is 15.3. The molecule has 0 radical (unpaired) electrons. The molecule has 2 aliphatic heterocycles. The lowest BCUT2D eigenvalue weighted by Gasteiger charge is -2.49. The third-order valence-corrected chi connectivity index (χ3v) is 5.63. The Kier molecular flexibility index (Phi) is 5.36. The molecule has 2 aromatic rings. The standard InChI is InChI=1S/C22H26O4/c1-23-21-17-13-18(15-9-5-3-6-10-15)25-14-19(17)26-20(22(21)24-2)16-11-7-4-8-12-16/h3-12,17-22H,13-14H2,1-2H3/t17-,18-,19-,20+,21+,22+/m1/s1. The molecule has 2 aromatic carbocycles. The van der Waals surface area contributed by atoms with Crippen molar-refractivity contribution in [3.63, 3.8) is 0 Å². The maximum Gasteiger partial charge on any atom is 0.114 e. The predicted molar refractivity (Wildman–Crippen MR) is 98.9 cm³/mol. The van der Waals surface area contributed by atoms with Gasteiger partial charge in [0.2, 0.25) is 0 Å². The second-order valence-electron chi connectivity index (χ2n) is 7.04. The minimum absolute atomic E-state index is 0.0107. The molecule has 0 saturated carbocycles. The molecule has 0 aliphatic carbocycles. The van der Waals surface area contributed by atoms with Gasteiger partial charge >= 0.3 is 0 Å². The number of benzene rings is 2. The van der Waals surface area contributed by atoms with Crippen LogP contribution in [-0.4, -0.2) is 39.1 Å². The third kappa shape index (κ3) is 3.30. The molecule has 26 heavy (non-hydrogen) atoms. The van der Waals surface area contributed by atoms with E-state index in [4.69, 9.17) is 18.9 Å². The van der Waals surface area contributed by atoms with Gasteiger partial charge in [-0.3, -0.25) is 0 Å². The molecule has 0 unspecified atom stereocenters. The van der Waals surface area contributed by atoms with Crippen molar-refractivity contribution in [3.05, 3.63) is 71.8 Å². The lowest BCUT2D eigenvalue weighted by atomic mass is 9.79. The van der Waals surface area contributed by atoms with Crippen LogP contribution < -0.4 is 0 Å². The minimum atomic E-state index is -0.149. The van der Waals surface area contributed by atoms with Crippen LogP contribution in [-0.2, 0) is 18.9 Å². The molecule has 2 saturated heterocycles. The fourth-order valence-corrected chi connectivity index (χ4v) is 4.35. The Balaban J connectivity index is 1.59. The molecule has 138 valence electrons. The Labute approximate surface area is 155 Å². The van der Waals surface area contributed by atoms with Gasteiger partial charge in [0.15, 0.2) is 0 Å². The molecule has 0 aromatic heterocycles. The van der Waals surface area contributed by atoms with Crippen molar-refractivity contribution in [3.8, 4) is 0 Å². The Morgan fingerprint density at radius 2 is 1.42 bits per heavy atom. The van der Waals surface area contributed by atoms with E-state index >= 15 is 0 Å². The smallest absolute Gasteiger partial charge is 0.114 e. The number of fused-ring (bicyclic) bond motifs is 1. The summed E-state index contributed by atoms with van der Waals surface area (Å²) in [6.45, 7) is 0.573. The zero-order valence-electron chi connectivity index (χ0n) is 15.3. The van der Waals surface area contributed by atoms with Crippen LogP contribution in [0.2, 0.25) is 0 Å². The minimum Gasteiger partial charge on any atom is -0.378 e. The van der Waals surface area contributed by atoms with Crippen molar-refractivity contribution >= 4 is 0 Å². The summed E-state index contributed by atoms with van der Waals surface area (Å²) >= 11 is 0. The summed E-state index contributed by atoms with van der Waals surface area (Å²) in [6, 6.07) is 20.6. The number of hydrogen-bond donors (Lipinski definition) is 0. The van der Waals surface area contributed by atoms with Gasteiger partial charge in [-0.1, -0.05) is 60.7 Å². The van der Waals surface area contributed by atoms with Gasteiger partial charge in [0, 0.05) is 20.1 Å². The van der Waals surface area contributed by atoms with Crippen LogP contribution >= 0.6 is 0 Å². The molecule has 4 nitrogen and oxygen atoms in total. The van der Waals surface area contributed by atoms with E-state index in [-0.39, 0.29) is 36.4 Å². The predicted octanol–water partition coefficient (Wildman–Crippen LogP) is 3.93. The zero-order chi connectivity index (χ0) is 17.9. The summed E-state index contributed by atoms with van der Waals surface area (Å²) in [5.41, 5.74) is 2.32. The molecule has 0 spiro atoms. The average molecular weight is 354 g/mol. The van der Waals surface area contributed by atoms with E-state index < -0.39 is 0 Å². The second kappa shape index (κ2) is 7.89. The highest BCUT2D eigenvalue weighted by Gasteiger charge is 2.49. The Hall–Kier alpha value is -1.72. The van der Waals surface area contributed by atoms with E-state index in [1.807, 2.05) is 24.3 Å². The average Bonchev–Trinajstić information content (AvgIpc) is 2.73. The summed E-state index contributed by atoms with van der Waals surface area (Å²) in [7, 11) is 3.51. The fraction of sp³-hybridized carbons (Fsp3) is 0.455. The van der Waals surface area contributed by atoms with Gasteiger partial charge < -0.3 is 18.9 Å². The summed E-state index contributed by atoms with van der Waals surface area (Å²) < 4.78 is 24.4. The van der Waals surface area contributed by atoms with Crippen LogP contribution in [0.15, 0.2) is 60.7 Å². The highest BCUT2D eigenvalue weighted by Crippen LogP contribution is 2.44. The first-order valence-corrected chi connectivity index (χ1v) is 9.24. The topological polar surface area (TPSA) is 36.9 Å². The molecule has 2 aliphatic rings. The molecule has 0 bridgehead atoms. The van der Waals surface area contributed by atoms with Gasteiger partial charge in [-0.05, 0) is 17.5 Å². The SMILES string of the molecule is CO[C@@H]1[C@@H](OC)[C@@H]2C[C@H](c3ccccc3)OC[C@H]2O[C@H]1c1ccccc1. The third-order valence-electron chi connectivity index (χ3n) is 5.63. The van der Waals surface area contributed by atoms with E-state index in [9.17, 15) is 0 Å². The van der Waals surface area contributed by atoms with Crippen LogP contribution in [0, 0.1) is 5.92 Å². The Bertz CT molecular complexity index is 690. The summed E-state index contributed by atoms with van der Waals surface area (Å²) in [4.78, 5) is 0. The second-order valence-corrected chi connectivity index (χ2v) is 7.04. The van der Waals surface area contributed by atoms with Gasteiger partial charge in [0.25, 0.3) is 0 Å². The molecule has 4 rings (SSSR count). The number of hydrogen-bond acceptors (Lipinski definition) is 4. The number of ether oxygens (including phenoxy) is 4. The molecule has 0 N–H and O–H groups in total. The van der Waals surface area contributed by atoms with Crippen LogP contribution in [0.5, 0.6) is 0 Å². The van der Waals surface area contributed by atoms with Crippen LogP contribution in [0.4, 0.5) is 0 Å². The summed E-state index contributed by atoms with van der Waals surface area (Å²) in [5.74, 6) is 0.240. The van der Waals surface area contributed by atoms with E-state index in [2.05, 4.69) is 36.4 Å². The van der Waals surface area contributed by atoms with Crippen LogP contribution in [0.25, 0.3) is 0 Å². The van der Waals surface area contributed by atoms with Crippen molar-refractivity contribution < 1.29 is 18.9 Å². The monoisotopic (exact) mass is 354 g/mol. The number of rotatable bonds is 4. The first-order chi connectivity index (χ1) is 12.8. The first-order valence-electron chi connectivity index (χ1n) is 9.24. The van der Waals surface area contributed by atoms with E-state index in [0.717, 1.165) is 12.0 Å². The molecule has 2 heterocycles. The van der Waals surface area contributed by atoms with E-state index in [0.29, 0.717) is 6.61 Å². The van der Waals surface area contributed by atoms with E-state index in [1.165, 1.54) is 5.56 Å². The first kappa shape index (κ1) is 17.7. The maximum atomic E-state index is 6.47. The summed E-state index contributed by atoms with van der Waals surface area (Å²) in [6.07, 6.45) is 0.636. The van der Waals surface area contributed by atoms with Gasteiger partial charge in [-0.2, -0.15) is 0 Å². The fourth-order valence-electron chi connectivity index (χ4n) is 4.35. The largest absolute Gasteiger partial charge is 0.378 e. The van der Waals surface area contributed by atoms with Gasteiger partial charge in [-0.25, -0.2) is 0 Å². The Morgan fingerprint density at radius 3 is 2.04 bits per heavy atom. The molecule has 4 heteroatoms. The van der Waals surface area contributed by atoms with Crippen molar-refractivity contribution in [2.24, 2.45) is 5.92 Å². The van der Waals surface area contributed by atoms with Crippen LogP contribution in [0.1, 0.15) is 29.8 Å². The molecule has 2 fully saturated rings. The summed E-state index contributed by atoms with van der Waals surface area (Å²) in [5, 5.41) is 0. The molecular formula is C22H26O4. The Morgan fingerprint density at radius 1 is 0.808 bits per heavy atom.